The molecule has 0 aliphatic heterocycles. The van der Waals surface area contributed by atoms with Crippen LogP contribution in [0.5, 0.6) is 0 Å². The maximum Gasteiger partial charge on any atom is 0.262 e. The summed E-state index contributed by atoms with van der Waals surface area (Å²) in [5, 5.41) is 4.15. The van der Waals surface area contributed by atoms with Crippen molar-refractivity contribution in [3.8, 4) is 0 Å². The van der Waals surface area contributed by atoms with Crippen LogP contribution in [0.2, 0.25) is 0 Å². The Kier molecular flexibility index (Phi) is 4.95. The minimum atomic E-state index is -0.364. The van der Waals surface area contributed by atoms with E-state index < -0.39 is 0 Å². The van der Waals surface area contributed by atoms with Crippen molar-refractivity contribution in [3.05, 3.63) is 76.9 Å². The lowest BCUT2D eigenvalue weighted by Crippen LogP contribution is -2.30. The van der Waals surface area contributed by atoms with Crippen molar-refractivity contribution < 1.29 is 4.79 Å². The zero-order valence-electron chi connectivity index (χ0n) is 17.4. The first kappa shape index (κ1) is 19.7. The van der Waals surface area contributed by atoms with Crippen molar-refractivity contribution in [2.24, 2.45) is 7.05 Å². The highest BCUT2D eigenvalue weighted by molar-refractivity contribution is 7.29. The molecule has 5 rings (SSSR count). The third kappa shape index (κ3) is 3.58. The van der Waals surface area contributed by atoms with Crippen LogP contribution in [0.4, 0.5) is 5.13 Å². The van der Waals surface area contributed by atoms with Crippen molar-refractivity contribution in [2.45, 2.75) is 6.04 Å². The van der Waals surface area contributed by atoms with Gasteiger partial charge in [-0.15, -0.1) is 11.3 Å². The predicted octanol–water partition coefficient (Wildman–Crippen LogP) is 4.83. The standard InChI is InChI=1S/C23H21N5OS2/c1-27(2)23-26-22-18(31-23)13-17(30-22)21(29)25-19(14-9-5-4-6-10-14)20-24-15-11-7-8-12-16(15)28(20)3/h4-13,19H,1-3H3,(H,25,29). The first-order chi connectivity index (χ1) is 15.0. The van der Waals surface area contributed by atoms with Crippen LogP contribution in [0, 0.1) is 0 Å². The molecule has 3 aromatic heterocycles. The van der Waals surface area contributed by atoms with Gasteiger partial charge < -0.3 is 14.8 Å². The van der Waals surface area contributed by atoms with E-state index in [1.165, 1.54) is 11.3 Å². The van der Waals surface area contributed by atoms with Gasteiger partial charge in [0.15, 0.2) is 5.13 Å². The van der Waals surface area contributed by atoms with E-state index in [1.54, 1.807) is 11.3 Å². The number of fused-ring (bicyclic) bond motifs is 2. The summed E-state index contributed by atoms with van der Waals surface area (Å²) in [6.07, 6.45) is 0. The molecular formula is C23H21N5OS2. The number of aryl methyl sites for hydroxylation is 1. The van der Waals surface area contributed by atoms with E-state index in [1.807, 2.05) is 91.3 Å². The molecule has 6 nitrogen and oxygen atoms in total. The Balaban J connectivity index is 1.52. The topological polar surface area (TPSA) is 63.1 Å². The van der Waals surface area contributed by atoms with Gasteiger partial charge in [0, 0.05) is 21.1 Å². The number of amides is 1. The van der Waals surface area contributed by atoms with Crippen LogP contribution < -0.4 is 10.2 Å². The number of hydrogen-bond acceptors (Lipinski definition) is 6. The fraction of sp³-hybridized carbons (Fsp3) is 0.174. The number of nitrogens with one attached hydrogen (secondary N) is 1. The maximum atomic E-state index is 13.2. The largest absolute Gasteiger partial charge is 0.354 e. The quantitative estimate of drug-likeness (QED) is 0.419. The van der Waals surface area contributed by atoms with Crippen molar-refractivity contribution in [1.82, 2.24) is 19.9 Å². The minimum Gasteiger partial charge on any atom is -0.354 e. The molecule has 2 aromatic carbocycles. The average Bonchev–Trinajstić information content (AvgIpc) is 3.45. The molecule has 3 heterocycles. The van der Waals surface area contributed by atoms with Crippen LogP contribution in [0.25, 0.3) is 20.6 Å². The third-order valence-corrected chi connectivity index (χ3v) is 7.50. The Hall–Kier alpha value is -3.23. The molecule has 5 aromatic rings. The van der Waals surface area contributed by atoms with E-state index in [9.17, 15) is 4.79 Å². The third-order valence-electron chi connectivity index (χ3n) is 5.17. The highest BCUT2D eigenvalue weighted by atomic mass is 32.1. The van der Waals surface area contributed by atoms with Gasteiger partial charge in [0.25, 0.3) is 5.91 Å². The lowest BCUT2D eigenvalue weighted by molar-refractivity contribution is 0.0945. The van der Waals surface area contributed by atoms with Crippen LogP contribution in [0.3, 0.4) is 0 Å². The number of thiazole rings is 1. The van der Waals surface area contributed by atoms with Gasteiger partial charge in [-0.25, -0.2) is 9.97 Å². The van der Waals surface area contributed by atoms with Crippen LogP contribution in [0.1, 0.15) is 27.1 Å². The van der Waals surface area contributed by atoms with Gasteiger partial charge in [-0.3, -0.25) is 4.79 Å². The summed E-state index contributed by atoms with van der Waals surface area (Å²) in [5.74, 6) is 0.676. The number of thiophene rings is 1. The smallest absolute Gasteiger partial charge is 0.262 e. The summed E-state index contributed by atoms with van der Waals surface area (Å²) in [7, 11) is 5.93. The molecule has 31 heavy (non-hydrogen) atoms. The number of hydrogen-bond donors (Lipinski definition) is 1. The highest BCUT2D eigenvalue weighted by Gasteiger charge is 2.24. The Labute approximate surface area is 187 Å². The summed E-state index contributed by atoms with van der Waals surface area (Å²) in [6.45, 7) is 0. The van der Waals surface area contributed by atoms with E-state index in [-0.39, 0.29) is 11.9 Å². The summed E-state index contributed by atoms with van der Waals surface area (Å²) in [6, 6.07) is 19.5. The SMILES string of the molecule is CN(C)c1nc2sc(C(=O)NC(c3ccccc3)c3nc4ccccc4n3C)cc2s1. The number of carbonyl (C=O) groups is 1. The molecule has 8 heteroatoms. The van der Waals surface area contributed by atoms with E-state index in [0.29, 0.717) is 4.88 Å². The van der Waals surface area contributed by atoms with Crippen LogP contribution in [-0.4, -0.2) is 34.5 Å². The van der Waals surface area contributed by atoms with Gasteiger partial charge in [0.2, 0.25) is 0 Å². The second kappa shape index (κ2) is 7.79. The number of para-hydroxylation sites is 2. The number of anilines is 1. The number of rotatable bonds is 5. The van der Waals surface area contributed by atoms with Crippen LogP contribution in [-0.2, 0) is 7.05 Å². The monoisotopic (exact) mass is 447 g/mol. The Bertz CT molecular complexity index is 1350. The molecule has 0 bridgehead atoms. The van der Waals surface area contributed by atoms with Crippen molar-refractivity contribution >= 4 is 54.3 Å². The molecule has 0 radical (unpaired) electrons. The Morgan fingerprint density at radius 3 is 2.48 bits per heavy atom. The molecule has 1 amide bonds. The molecule has 0 saturated carbocycles. The first-order valence-corrected chi connectivity index (χ1v) is 11.5. The number of carbonyl (C=O) groups excluding carboxylic acids is 1. The van der Waals surface area contributed by atoms with E-state index in [0.717, 1.165) is 37.1 Å². The second-order valence-electron chi connectivity index (χ2n) is 7.51. The van der Waals surface area contributed by atoms with Gasteiger partial charge in [-0.1, -0.05) is 53.8 Å². The van der Waals surface area contributed by atoms with Crippen LogP contribution in [0.15, 0.2) is 60.7 Å². The summed E-state index contributed by atoms with van der Waals surface area (Å²) in [5.41, 5.74) is 2.93. The molecule has 156 valence electrons. The Morgan fingerprint density at radius 2 is 1.77 bits per heavy atom. The summed E-state index contributed by atoms with van der Waals surface area (Å²) < 4.78 is 3.07. The second-order valence-corrected chi connectivity index (χ2v) is 9.55. The molecule has 0 fully saturated rings. The normalized spacial score (nSPS) is 12.4. The summed E-state index contributed by atoms with van der Waals surface area (Å²) in [4.78, 5) is 26.2. The number of imidazole rings is 1. The van der Waals surface area contributed by atoms with Crippen molar-refractivity contribution in [1.29, 1.82) is 0 Å². The molecule has 1 atom stereocenters. The molecule has 0 aliphatic carbocycles. The molecule has 0 spiro atoms. The summed E-state index contributed by atoms with van der Waals surface area (Å²) >= 11 is 3.01. The lowest BCUT2D eigenvalue weighted by atomic mass is 10.1. The fourth-order valence-corrected chi connectivity index (χ4v) is 5.63. The molecule has 0 aliphatic rings. The molecule has 0 saturated heterocycles. The van der Waals surface area contributed by atoms with Gasteiger partial charge in [-0.2, -0.15) is 0 Å². The van der Waals surface area contributed by atoms with Gasteiger partial charge in [0.1, 0.15) is 16.7 Å². The predicted molar refractivity (Wildman–Crippen MR) is 128 cm³/mol. The average molecular weight is 448 g/mol. The molecule has 1 N–H and O–H groups in total. The van der Waals surface area contributed by atoms with Gasteiger partial charge in [0.05, 0.1) is 20.6 Å². The highest BCUT2D eigenvalue weighted by Crippen LogP contribution is 2.34. The number of aromatic nitrogens is 3. The van der Waals surface area contributed by atoms with Crippen molar-refractivity contribution in [3.63, 3.8) is 0 Å². The number of benzene rings is 2. The molecule has 1 unspecified atom stereocenters. The Morgan fingerprint density at radius 1 is 1.03 bits per heavy atom. The van der Waals surface area contributed by atoms with Gasteiger partial charge in [-0.05, 0) is 23.8 Å². The fourth-order valence-electron chi connectivity index (χ4n) is 3.59. The number of nitrogens with zero attached hydrogens (tertiary/aromatic N) is 4. The first-order valence-electron chi connectivity index (χ1n) is 9.86. The van der Waals surface area contributed by atoms with E-state index in [4.69, 9.17) is 4.98 Å². The zero-order valence-corrected chi connectivity index (χ0v) is 19.0. The van der Waals surface area contributed by atoms with Gasteiger partial charge >= 0.3 is 0 Å². The zero-order chi connectivity index (χ0) is 21.5. The van der Waals surface area contributed by atoms with Crippen molar-refractivity contribution in [2.75, 3.05) is 19.0 Å². The molecular weight excluding hydrogens is 426 g/mol. The maximum absolute atomic E-state index is 13.2. The van der Waals surface area contributed by atoms with E-state index in [2.05, 4.69) is 10.3 Å². The minimum absolute atomic E-state index is 0.123. The lowest BCUT2D eigenvalue weighted by Gasteiger charge is -2.19. The van der Waals surface area contributed by atoms with E-state index >= 15 is 0 Å². The van der Waals surface area contributed by atoms with Crippen LogP contribution >= 0.6 is 22.7 Å².